The minimum atomic E-state index is -3.53. The molecular weight excluding hydrogens is 422 g/mol. The molecule has 2 aromatic heterocycles. The molecule has 0 bridgehead atoms. The Labute approximate surface area is 180 Å². The highest BCUT2D eigenvalue weighted by atomic mass is 32.2. The van der Waals surface area contributed by atoms with Crippen molar-refractivity contribution in [1.29, 1.82) is 0 Å². The van der Waals surface area contributed by atoms with E-state index >= 15 is 0 Å². The normalized spacial score (nSPS) is 11.9. The lowest BCUT2D eigenvalue weighted by molar-refractivity contribution is -0.116. The highest BCUT2D eigenvalue weighted by Crippen LogP contribution is 2.23. The van der Waals surface area contributed by atoms with Crippen LogP contribution in [-0.2, 0) is 27.8 Å². The van der Waals surface area contributed by atoms with Gasteiger partial charge in [0.15, 0.2) is 0 Å². The lowest BCUT2D eigenvalue weighted by Crippen LogP contribution is -2.22. The van der Waals surface area contributed by atoms with Crippen molar-refractivity contribution in [1.82, 2.24) is 18.8 Å². The number of fused-ring (bicyclic) bond motifs is 1. The third-order valence-corrected chi connectivity index (χ3v) is 7.17. The van der Waals surface area contributed by atoms with E-state index in [9.17, 15) is 13.2 Å². The topological polar surface area (TPSA) is 97.2 Å². The summed E-state index contributed by atoms with van der Waals surface area (Å²) >= 11 is 1.54. The van der Waals surface area contributed by atoms with Gasteiger partial charge in [-0.15, -0.1) is 11.8 Å². The molecule has 1 amide bonds. The molecule has 0 fully saturated rings. The molecular formula is C20H25N5O3S2. The quantitative estimate of drug-likeness (QED) is 0.533. The summed E-state index contributed by atoms with van der Waals surface area (Å²) < 4.78 is 28.0. The lowest BCUT2D eigenvalue weighted by atomic mass is 10.2. The van der Waals surface area contributed by atoms with Crippen LogP contribution in [0.5, 0.6) is 0 Å². The molecule has 0 saturated heterocycles. The van der Waals surface area contributed by atoms with E-state index in [4.69, 9.17) is 0 Å². The number of nitrogens with one attached hydrogen (secondary N) is 1. The fourth-order valence-electron chi connectivity index (χ4n) is 3.10. The van der Waals surface area contributed by atoms with Crippen LogP contribution in [-0.4, -0.2) is 53.5 Å². The number of aryl methyl sites for hydroxylation is 2. The molecule has 1 N–H and O–H groups in total. The van der Waals surface area contributed by atoms with E-state index in [-0.39, 0.29) is 17.2 Å². The molecule has 0 aliphatic rings. The number of nitrogens with zero attached hydrogens (tertiary/aromatic N) is 4. The van der Waals surface area contributed by atoms with Crippen molar-refractivity contribution >= 4 is 44.4 Å². The van der Waals surface area contributed by atoms with E-state index in [2.05, 4.69) is 15.3 Å². The number of pyridine rings is 1. The van der Waals surface area contributed by atoms with E-state index in [0.717, 1.165) is 16.4 Å². The number of benzene rings is 1. The second-order valence-electron chi connectivity index (χ2n) is 6.85. The minimum absolute atomic E-state index is 0.126. The van der Waals surface area contributed by atoms with Crippen molar-refractivity contribution in [3.63, 3.8) is 0 Å². The summed E-state index contributed by atoms with van der Waals surface area (Å²) in [4.78, 5) is 21.4. The number of carbonyl (C=O) groups excluding carboxylic acids is 1. The Morgan fingerprint density at radius 3 is 2.60 bits per heavy atom. The van der Waals surface area contributed by atoms with Gasteiger partial charge in [0.25, 0.3) is 0 Å². The van der Waals surface area contributed by atoms with Gasteiger partial charge in [-0.05, 0) is 43.5 Å². The Morgan fingerprint density at radius 2 is 2.00 bits per heavy atom. The molecule has 30 heavy (non-hydrogen) atoms. The summed E-state index contributed by atoms with van der Waals surface area (Å²) in [6.07, 6.45) is 4.29. The number of sulfonamides is 1. The van der Waals surface area contributed by atoms with Gasteiger partial charge in [0.05, 0.1) is 32.8 Å². The molecule has 3 rings (SSSR count). The number of anilines is 1. The zero-order chi connectivity index (χ0) is 21.9. The summed E-state index contributed by atoms with van der Waals surface area (Å²) in [7, 11) is -0.535. The monoisotopic (exact) mass is 447 g/mol. The maximum absolute atomic E-state index is 12.4. The summed E-state index contributed by atoms with van der Waals surface area (Å²) in [5.74, 6) is 0.622. The molecule has 1 aromatic carbocycles. The van der Waals surface area contributed by atoms with E-state index in [0.29, 0.717) is 24.2 Å². The van der Waals surface area contributed by atoms with Crippen LogP contribution in [0.25, 0.3) is 11.0 Å². The molecule has 3 aromatic rings. The van der Waals surface area contributed by atoms with Gasteiger partial charge in [0.2, 0.25) is 15.9 Å². The van der Waals surface area contributed by atoms with Crippen molar-refractivity contribution in [2.45, 2.75) is 36.2 Å². The summed E-state index contributed by atoms with van der Waals surface area (Å²) in [6, 6.07) is 8.62. The first-order chi connectivity index (χ1) is 14.3. The van der Waals surface area contributed by atoms with Gasteiger partial charge in [0.1, 0.15) is 5.82 Å². The van der Waals surface area contributed by atoms with Crippen molar-refractivity contribution in [3.05, 3.63) is 42.4 Å². The number of imidazole rings is 1. The van der Waals surface area contributed by atoms with Crippen molar-refractivity contribution in [2.24, 2.45) is 0 Å². The van der Waals surface area contributed by atoms with Gasteiger partial charge < -0.3 is 9.88 Å². The molecule has 10 heteroatoms. The van der Waals surface area contributed by atoms with Crippen LogP contribution in [0.15, 0.2) is 46.5 Å². The maximum atomic E-state index is 12.4. The zero-order valence-corrected chi connectivity index (χ0v) is 19.0. The van der Waals surface area contributed by atoms with E-state index in [1.54, 1.807) is 24.4 Å². The zero-order valence-electron chi connectivity index (χ0n) is 17.4. The van der Waals surface area contributed by atoms with Crippen LogP contribution >= 0.6 is 11.8 Å². The third-order valence-electron chi connectivity index (χ3n) is 4.70. The number of carbonyl (C=O) groups is 1. The molecule has 0 radical (unpaired) electrons. The van der Waals surface area contributed by atoms with E-state index in [1.807, 2.05) is 29.9 Å². The Hall–Kier alpha value is -2.43. The third kappa shape index (κ3) is 4.66. The van der Waals surface area contributed by atoms with Crippen molar-refractivity contribution in [2.75, 3.05) is 25.7 Å². The second-order valence-corrected chi connectivity index (χ2v) is 9.83. The van der Waals surface area contributed by atoms with Gasteiger partial charge in [-0.3, -0.25) is 4.79 Å². The number of hydrogen-bond acceptors (Lipinski definition) is 6. The molecule has 8 nitrogen and oxygen atoms in total. The smallest absolute Gasteiger partial charge is 0.242 e. The first-order valence-electron chi connectivity index (χ1n) is 9.48. The Bertz CT molecular complexity index is 1160. The first-order valence-corrected chi connectivity index (χ1v) is 12.1. The number of thioether (sulfide) groups is 1. The lowest BCUT2D eigenvalue weighted by Gasteiger charge is -2.11. The molecule has 2 heterocycles. The van der Waals surface area contributed by atoms with E-state index < -0.39 is 10.0 Å². The molecule has 0 saturated carbocycles. The molecule has 0 spiro atoms. The van der Waals surface area contributed by atoms with E-state index in [1.165, 1.54) is 30.2 Å². The van der Waals surface area contributed by atoms with Gasteiger partial charge >= 0.3 is 0 Å². The Kier molecular flexibility index (Phi) is 6.79. The Balaban J connectivity index is 1.77. The van der Waals surface area contributed by atoms with Crippen LogP contribution in [0.4, 0.5) is 5.69 Å². The van der Waals surface area contributed by atoms with Crippen LogP contribution in [0, 0.1) is 0 Å². The summed E-state index contributed by atoms with van der Waals surface area (Å²) in [5.41, 5.74) is 2.11. The largest absolute Gasteiger partial charge is 0.328 e. The SMILES string of the molecule is CCn1c(CCC(=O)Nc2ccc(SC)nc2)nc2cc(S(=O)(=O)N(C)C)ccc21. The number of aromatic nitrogens is 3. The van der Waals surface area contributed by atoms with Crippen LogP contribution in [0.1, 0.15) is 19.2 Å². The number of amides is 1. The standard InChI is InChI=1S/C20H25N5O3S2/c1-5-25-17-8-7-15(30(27,28)24(2)3)12-16(17)23-18(25)9-10-19(26)22-14-6-11-20(29-4)21-13-14/h6-8,11-13H,5,9-10H2,1-4H3,(H,22,26). The average Bonchev–Trinajstić information content (AvgIpc) is 3.09. The summed E-state index contributed by atoms with van der Waals surface area (Å²) in [5, 5.41) is 3.73. The van der Waals surface area contributed by atoms with Crippen LogP contribution in [0.2, 0.25) is 0 Å². The van der Waals surface area contributed by atoms with Gasteiger partial charge in [-0.1, -0.05) is 0 Å². The highest BCUT2D eigenvalue weighted by Gasteiger charge is 2.19. The maximum Gasteiger partial charge on any atom is 0.242 e. The van der Waals surface area contributed by atoms with Crippen molar-refractivity contribution < 1.29 is 13.2 Å². The minimum Gasteiger partial charge on any atom is -0.328 e. The predicted molar refractivity (Wildman–Crippen MR) is 119 cm³/mol. The summed E-state index contributed by atoms with van der Waals surface area (Å²) in [6.45, 7) is 2.67. The molecule has 0 atom stereocenters. The first kappa shape index (κ1) is 22.3. The predicted octanol–water partition coefficient (Wildman–Crippen LogP) is 2.99. The molecule has 0 unspecified atom stereocenters. The van der Waals surface area contributed by atoms with Crippen molar-refractivity contribution in [3.8, 4) is 0 Å². The molecule has 0 aliphatic heterocycles. The number of rotatable bonds is 8. The fraction of sp³-hybridized carbons (Fsp3) is 0.350. The van der Waals surface area contributed by atoms with Crippen LogP contribution in [0.3, 0.4) is 0 Å². The Morgan fingerprint density at radius 1 is 1.23 bits per heavy atom. The highest BCUT2D eigenvalue weighted by molar-refractivity contribution is 7.98. The van der Waals surface area contributed by atoms with Gasteiger partial charge in [-0.25, -0.2) is 22.7 Å². The van der Waals surface area contributed by atoms with Gasteiger partial charge in [0, 0.05) is 33.5 Å². The average molecular weight is 448 g/mol. The molecule has 160 valence electrons. The molecule has 0 aliphatic carbocycles. The second kappa shape index (κ2) is 9.15. The van der Waals surface area contributed by atoms with Crippen LogP contribution < -0.4 is 5.32 Å². The fourth-order valence-corrected chi connectivity index (χ4v) is 4.38. The van der Waals surface area contributed by atoms with Gasteiger partial charge in [-0.2, -0.15) is 0 Å². The number of hydrogen-bond donors (Lipinski definition) is 1.